The van der Waals surface area contributed by atoms with E-state index in [1.54, 1.807) is 6.92 Å². The van der Waals surface area contributed by atoms with Crippen LogP contribution in [-0.2, 0) is 19.2 Å². The minimum atomic E-state index is -4.75. The number of Topliss-reactive ketones (excluding diaryl/α,β-unsaturated/α-hetero) is 1. The topological polar surface area (TPSA) is 133 Å². The standard InChI is InChI=1S/C22H24ClF3N4O5/c1-10-7-11(17(32)28-10)8-15(16(31)19(34)27-2)29-18(33)13-9-12(23)3-4-14(13)30-20(35)21(5-6-21)22(24,25)26/h3-4,9-11,15H,5-8H2,1-2H3,(H,27,34)(H,28,32)(H,29,33)(H,30,35)/t10-,11+,15?/m1/s1. The fourth-order valence-electron chi connectivity index (χ4n) is 4.01. The van der Waals surface area contributed by atoms with Gasteiger partial charge in [0.05, 0.1) is 17.3 Å². The molecular weight excluding hydrogens is 493 g/mol. The zero-order valence-electron chi connectivity index (χ0n) is 18.8. The Labute approximate surface area is 203 Å². The van der Waals surface area contributed by atoms with E-state index in [4.69, 9.17) is 11.6 Å². The Morgan fingerprint density at radius 1 is 1.23 bits per heavy atom. The van der Waals surface area contributed by atoms with Crippen molar-refractivity contribution in [2.75, 3.05) is 12.4 Å². The maximum atomic E-state index is 13.3. The fraction of sp³-hybridized carbons (Fsp3) is 0.500. The van der Waals surface area contributed by atoms with Crippen molar-refractivity contribution in [3.05, 3.63) is 28.8 Å². The van der Waals surface area contributed by atoms with Crippen LogP contribution < -0.4 is 21.3 Å². The fourth-order valence-corrected chi connectivity index (χ4v) is 4.18. The Morgan fingerprint density at radius 3 is 2.40 bits per heavy atom. The summed E-state index contributed by atoms with van der Waals surface area (Å²) in [5, 5.41) is 9.41. The van der Waals surface area contributed by atoms with Gasteiger partial charge >= 0.3 is 6.18 Å². The van der Waals surface area contributed by atoms with E-state index in [1.165, 1.54) is 19.2 Å². The van der Waals surface area contributed by atoms with Crippen LogP contribution in [0.15, 0.2) is 18.2 Å². The average molecular weight is 517 g/mol. The molecule has 1 aromatic carbocycles. The van der Waals surface area contributed by atoms with Gasteiger partial charge in [0.25, 0.3) is 11.8 Å². The Balaban J connectivity index is 1.85. The van der Waals surface area contributed by atoms with Gasteiger partial charge in [-0.3, -0.25) is 24.0 Å². The van der Waals surface area contributed by atoms with Gasteiger partial charge in [-0.1, -0.05) is 11.6 Å². The highest BCUT2D eigenvalue weighted by molar-refractivity contribution is 6.38. The molecule has 0 radical (unpaired) electrons. The lowest BCUT2D eigenvalue weighted by atomic mass is 9.93. The molecule has 1 unspecified atom stereocenters. The smallest absolute Gasteiger partial charge is 0.353 e. The Hall–Kier alpha value is -3.15. The highest BCUT2D eigenvalue weighted by Crippen LogP contribution is 2.58. The third-order valence-electron chi connectivity index (χ3n) is 6.19. The molecule has 190 valence electrons. The number of anilines is 1. The summed E-state index contributed by atoms with van der Waals surface area (Å²) in [4.78, 5) is 62.2. The van der Waals surface area contributed by atoms with Crippen LogP contribution in [0.3, 0.4) is 0 Å². The number of amides is 4. The molecule has 13 heteroatoms. The number of hydrogen-bond acceptors (Lipinski definition) is 5. The van der Waals surface area contributed by atoms with Crippen LogP contribution in [-0.4, -0.2) is 54.7 Å². The molecule has 2 aliphatic rings. The maximum absolute atomic E-state index is 13.3. The molecule has 9 nitrogen and oxygen atoms in total. The van der Waals surface area contributed by atoms with E-state index in [0.717, 1.165) is 6.07 Å². The number of carbonyl (C=O) groups excluding carboxylic acids is 5. The second kappa shape index (κ2) is 9.84. The lowest BCUT2D eigenvalue weighted by Gasteiger charge is -2.22. The summed E-state index contributed by atoms with van der Waals surface area (Å²) in [5.74, 6) is -5.26. The van der Waals surface area contributed by atoms with Crippen LogP contribution in [0, 0.1) is 11.3 Å². The highest BCUT2D eigenvalue weighted by atomic mass is 35.5. The Morgan fingerprint density at radius 2 is 1.89 bits per heavy atom. The van der Waals surface area contributed by atoms with Crippen LogP contribution in [0.2, 0.25) is 5.02 Å². The van der Waals surface area contributed by atoms with E-state index >= 15 is 0 Å². The number of carbonyl (C=O) groups is 5. The molecule has 2 fully saturated rings. The summed E-state index contributed by atoms with van der Waals surface area (Å²) in [6.45, 7) is 1.76. The molecule has 4 N–H and O–H groups in total. The summed E-state index contributed by atoms with van der Waals surface area (Å²) >= 11 is 5.96. The predicted octanol–water partition coefficient (Wildman–Crippen LogP) is 1.95. The molecule has 3 atom stereocenters. The first-order valence-electron chi connectivity index (χ1n) is 10.8. The van der Waals surface area contributed by atoms with Crippen LogP contribution in [0.25, 0.3) is 0 Å². The van der Waals surface area contributed by atoms with Crippen molar-refractivity contribution in [2.45, 2.75) is 50.9 Å². The lowest BCUT2D eigenvalue weighted by Crippen LogP contribution is -2.48. The van der Waals surface area contributed by atoms with Crippen LogP contribution in [0.4, 0.5) is 18.9 Å². The van der Waals surface area contributed by atoms with E-state index in [2.05, 4.69) is 21.3 Å². The molecule has 1 aromatic rings. The quantitative estimate of drug-likeness (QED) is 0.392. The van der Waals surface area contributed by atoms with Crippen molar-refractivity contribution in [1.29, 1.82) is 0 Å². The average Bonchev–Trinajstić information content (AvgIpc) is 3.54. The number of halogens is 4. The molecule has 0 aromatic heterocycles. The first kappa shape index (κ1) is 26.5. The number of hydrogen-bond donors (Lipinski definition) is 4. The van der Waals surface area contributed by atoms with Crippen molar-refractivity contribution in [2.24, 2.45) is 11.3 Å². The summed E-state index contributed by atoms with van der Waals surface area (Å²) in [7, 11) is 1.22. The first-order valence-corrected chi connectivity index (χ1v) is 11.2. The summed E-state index contributed by atoms with van der Waals surface area (Å²) in [5.41, 5.74) is -3.07. The molecule has 1 saturated heterocycles. The summed E-state index contributed by atoms with van der Waals surface area (Å²) in [6, 6.07) is 2.00. The molecule has 1 heterocycles. The molecule has 1 aliphatic carbocycles. The normalized spacial score (nSPS) is 21.5. The molecule has 1 saturated carbocycles. The molecule has 0 bridgehead atoms. The van der Waals surface area contributed by atoms with Gasteiger partial charge in [0.2, 0.25) is 17.6 Å². The first-order chi connectivity index (χ1) is 16.3. The number of likely N-dealkylation sites (N-methyl/N-ethyl adjacent to an activating group) is 1. The molecule has 35 heavy (non-hydrogen) atoms. The van der Waals surface area contributed by atoms with E-state index in [0.29, 0.717) is 6.42 Å². The van der Waals surface area contributed by atoms with Gasteiger partial charge in [-0.2, -0.15) is 13.2 Å². The zero-order chi connectivity index (χ0) is 26.1. The highest BCUT2D eigenvalue weighted by Gasteiger charge is 2.68. The number of benzene rings is 1. The van der Waals surface area contributed by atoms with Gasteiger partial charge in [-0.15, -0.1) is 0 Å². The summed E-state index contributed by atoms with van der Waals surface area (Å²) in [6.07, 6.45) is -5.29. The Bertz CT molecular complexity index is 1070. The minimum Gasteiger partial charge on any atom is -0.353 e. The van der Waals surface area contributed by atoms with E-state index in [1.807, 2.05) is 0 Å². The van der Waals surface area contributed by atoms with Gasteiger partial charge in [-0.25, -0.2) is 0 Å². The zero-order valence-corrected chi connectivity index (χ0v) is 19.6. The molecule has 1 aliphatic heterocycles. The predicted molar refractivity (Wildman–Crippen MR) is 118 cm³/mol. The van der Waals surface area contributed by atoms with Crippen LogP contribution in [0.5, 0.6) is 0 Å². The van der Waals surface area contributed by atoms with Gasteiger partial charge in [0, 0.05) is 24.0 Å². The summed E-state index contributed by atoms with van der Waals surface area (Å²) < 4.78 is 40.0. The van der Waals surface area contributed by atoms with Crippen molar-refractivity contribution in [1.82, 2.24) is 16.0 Å². The molecule has 4 amide bonds. The largest absolute Gasteiger partial charge is 0.403 e. The van der Waals surface area contributed by atoms with Gasteiger partial charge in [0.15, 0.2) is 0 Å². The lowest BCUT2D eigenvalue weighted by molar-refractivity contribution is -0.189. The molecule has 3 rings (SSSR count). The van der Waals surface area contributed by atoms with E-state index in [9.17, 15) is 37.1 Å². The van der Waals surface area contributed by atoms with Crippen molar-refractivity contribution in [3.8, 4) is 0 Å². The SMILES string of the molecule is CNC(=O)C(=O)C(C[C@@H]1C[C@@H](C)NC1=O)NC(=O)c1cc(Cl)ccc1NC(=O)C1(C(F)(F)F)CC1. The second-order valence-electron chi connectivity index (χ2n) is 8.77. The van der Waals surface area contributed by atoms with Crippen molar-refractivity contribution >= 4 is 46.7 Å². The number of ketones is 1. The Kier molecular flexibility index (Phi) is 7.44. The number of alkyl halides is 3. The maximum Gasteiger partial charge on any atom is 0.403 e. The van der Waals surface area contributed by atoms with Crippen LogP contribution >= 0.6 is 11.6 Å². The van der Waals surface area contributed by atoms with E-state index < -0.39 is 47.1 Å². The van der Waals surface area contributed by atoms with Gasteiger partial charge < -0.3 is 21.3 Å². The third kappa shape index (κ3) is 5.58. The third-order valence-corrected chi connectivity index (χ3v) is 6.43. The van der Waals surface area contributed by atoms with E-state index in [-0.39, 0.29) is 47.5 Å². The molecular formula is C22H24ClF3N4O5. The monoisotopic (exact) mass is 516 g/mol. The van der Waals surface area contributed by atoms with Crippen LogP contribution in [0.1, 0.15) is 43.0 Å². The molecule has 0 spiro atoms. The number of rotatable bonds is 8. The second-order valence-corrected chi connectivity index (χ2v) is 9.21. The van der Waals surface area contributed by atoms with Crippen molar-refractivity contribution < 1.29 is 37.1 Å². The number of nitrogens with one attached hydrogen (secondary N) is 4. The van der Waals surface area contributed by atoms with Gasteiger partial charge in [0.1, 0.15) is 5.41 Å². The van der Waals surface area contributed by atoms with Gasteiger partial charge in [-0.05, 0) is 50.8 Å². The minimum absolute atomic E-state index is 0.0447. The van der Waals surface area contributed by atoms with Crippen molar-refractivity contribution in [3.63, 3.8) is 0 Å².